The number of aromatic nitrogens is 4. The first kappa shape index (κ1) is 31.9. The van der Waals surface area contributed by atoms with E-state index in [1.54, 1.807) is 50.4 Å². The van der Waals surface area contributed by atoms with Crippen molar-refractivity contribution in [3.05, 3.63) is 52.6 Å². The number of carboxylic acid groups (broad SMARTS) is 1. The molecule has 0 bridgehead atoms. The molecule has 1 saturated carbocycles. The number of aliphatic carboxylic acids is 1. The van der Waals surface area contributed by atoms with Gasteiger partial charge in [-0.05, 0) is 43.5 Å². The molecule has 1 aromatic carbocycles. The maximum Gasteiger partial charge on any atom is 0.461 e. The predicted molar refractivity (Wildman–Crippen MR) is 159 cm³/mol. The molecule has 14 nitrogen and oxygen atoms in total. The Morgan fingerprint density at radius 2 is 1.93 bits per heavy atom. The van der Waals surface area contributed by atoms with E-state index in [2.05, 4.69) is 15.0 Å². The van der Waals surface area contributed by atoms with E-state index in [0.717, 1.165) is 10.2 Å². The first-order valence-corrected chi connectivity index (χ1v) is 15.3. The van der Waals surface area contributed by atoms with Crippen LogP contribution in [0.25, 0.3) is 17.4 Å². The Morgan fingerprint density at radius 3 is 2.56 bits per heavy atom. The van der Waals surface area contributed by atoms with Crippen LogP contribution in [0.2, 0.25) is 0 Å². The van der Waals surface area contributed by atoms with Gasteiger partial charge in [0.1, 0.15) is 24.7 Å². The van der Waals surface area contributed by atoms with Crippen molar-refractivity contribution in [1.29, 1.82) is 0 Å². The van der Waals surface area contributed by atoms with Gasteiger partial charge in [0.25, 0.3) is 5.56 Å². The van der Waals surface area contributed by atoms with Gasteiger partial charge in [0, 0.05) is 6.20 Å². The number of carbonyl (C=O) groups excluding carboxylic acids is 1. The number of H-pyrrole nitrogens is 1. The Balaban J connectivity index is 1.68. The molecular formula is C28H37N6O8P. The molecule has 0 aliphatic heterocycles. The second-order valence-corrected chi connectivity index (χ2v) is 13.4. The summed E-state index contributed by atoms with van der Waals surface area (Å²) >= 11 is 0. The van der Waals surface area contributed by atoms with Gasteiger partial charge in [0.2, 0.25) is 5.95 Å². The summed E-state index contributed by atoms with van der Waals surface area (Å²) in [5.74, 6) is -1.84. The number of imidazole rings is 1. The number of hydrogen-bond donors (Lipinski definition) is 3. The maximum atomic E-state index is 14.4. The summed E-state index contributed by atoms with van der Waals surface area (Å²) in [5, 5.41) is 9.98. The molecule has 3 atom stereocenters. The van der Waals surface area contributed by atoms with Crippen LogP contribution in [-0.2, 0) is 23.4 Å². The molecule has 2 heterocycles. The molecule has 0 amide bonds. The minimum Gasteiger partial charge on any atom is -0.480 e. The van der Waals surface area contributed by atoms with Crippen LogP contribution < -0.4 is 15.8 Å². The number of benzene rings is 1. The number of carbonyl (C=O) groups is 2. The third-order valence-corrected chi connectivity index (χ3v) is 9.03. The number of esters is 1. The van der Waals surface area contributed by atoms with E-state index >= 15 is 0 Å². The molecule has 15 heteroatoms. The highest BCUT2D eigenvalue weighted by atomic mass is 31.2. The average Bonchev–Trinajstić information content (AvgIpc) is 3.47. The Labute approximate surface area is 248 Å². The van der Waals surface area contributed by atoms with E-state index in [0.29, 0.717) is 6.42 Å². The summed E-state index contributed by atoms with van der Waals surface area (Å²) in [5.41, 5.74) is 5.37. The standard InChI is InChI=1S/C28H37N6O8P/c1-17(2)11-21(25(36)37)33(5)43(39,42-20-9-7-6-8-10-20)41-15-28(14-40-26(38)18(3)4)12-19(28)13-34-16-30-22-23(34)31-27(29)32-24(22)35/h6-10,13,16-18,21H,11-12,14-15H2,1-5H3,(H,36,37)(H3,29,31,32,35)/b19-13-/t21-,28?,43?/m0/s1. The number of nitrogen functional groups attached to an aromatic ring is 1. The SMILES string of the molecule is CC(C)C[C@@H](C(=O)O)N(C)P(=O)(OCC1(COC(=O)C(C)C)C/C1=C/n1cnc2c(=O)[nH]c(N)nc21)Oc1ccccc1. The minimum atomic E-state index is -4.28. The number of rotatable bonds is 14. The Kier molecular flexibility index (Phi) is 9.43. The molecule has 2 unspecified atom stereocenters. The second kappa shape index (κ2) is 12.7. The third kappa shape index (κ3) is 7.32. The summed E-state index contributed by atoms with van der Waals surface area (Å²) in [6.07, 6.45) is 3.66. The zero-order valence-electron chi connectivity index (χ0n) is 24.7. The van der Waals surface area contributed by atoms with Crippen LogP contribution in [-0.4, -0.2) is 67.5 Å². The third-order valence-electron chi connectivity index (χ3n) is 7.08. The van der Waals surface area contributed by atoms with Gasteiger partial charge in [-0.3, -0.25) is 28.5 Å². The van der Waals surface area contributed by atoms with Crippen LogP contribution in [0.15, 0.2) is 47.0 Å². The van der Waals surface area contributed by atoms with Crippen LogP contribution in [0.3, 0.4) is 0 Å². The van der Waals surface area contributed by atoms with Gasteiger partial charge in [-0.15, -0.1) is 0 Å². The summed E-state index contributed by atoms with van der Waals surface area (Å²) in [7, 11) is -2.89. The average molecular weight is 617 g/mol. The smallest absolute Gasteiger partial charge is 0.461 e. The molecular weight excluding hydrogens is 579 g/mol. The quantitative estimate of drug-likeness (QED) is 0.176. The Bertz CT molecular complexity index is 1620. The molecule has 232 valence electrons. The van der Waals surface area contributed by atoms with Gasteiger partial charge in [-0.2, -0.15) is 9.65 Å². The lowest BCUT2D eigenvalue weighted by Gasteiger charge is -2.32. The number of nitrogens with two attached hydrogens (primary N) is 1. The Hall–Kier alpha value is -4.00. The molecule has 4 N–H and O–H groups in total. The molecule has 1 aliphatic carbocycles. The number of fused-ring (bicyclic) bond motifs is 1. The molecule has 1 fully saturated rings. The molecule has 3 aromatic rings. The zero-order chi connectivity index (χ0) is 31.5. The van der Waals surface area contributed by atoms with Crippen LogP contribution >= 0.6 is 7.75 Å². The van der Waals surface area contributed by atoms with Crippen LogP contribution in [0, 0.1) is 17.3 Å². The summed E-state index contributed by atoms with van der Waals surface area (Å²) in [6.45, 7) is 6.82. The lowest BCUT2D eigenvalue weighted by Crippen LogP contribution is -2.39. The molecule has 0 radical (unpaired) electrons. The molecule has 0 spiro atoms. The number of aromatic amines is 1. The van der Waals surface area contributed by atoms with Gasteiger partial charge in [-0.25, -0.2) is 9.55 Å². The fourth-order valence-corrected chi connectivity index (χ4v) is 6.14. The van der Waals surface area contributed by atoms with Crippen molar-refractivity contribution in [3.8, 4) is 5.75 Å². The number of ether oxygens (including phenoxy) is 1. The van der Waals surface area contributed by atoms with Crippen molar-refractivity contribution in [2.24, 2.45) is 17.3 Å². The van der Waals surface area contributed by atoms with Crippen molar-refractivity contribution in [2.45, 2.75) is 46.6 Å². The number of likely N-dealkylation sites (N-methyl/N-ethyl adjacent to an activating group) is 1. The largest absolute Gasteiger partial charge is 0.480 e. The maximum absolute atomic E-state index is 14.4. The number of nitrogens with one attached hydrogen (secondary N) is 1. The fraction of sp³-hybridized carbons (Fsp3) is 0.464. The highest BCUT2D eigenvalue weighted by molar-refractivity contribution is 7.51. The molecule has 0 saturated heterocycles. The number of carboxylic acids is 1. The number of para-hydroxylation sites is 1. The summed E-state index contributed by atoms with van der Waals surface area (Å²) in [6, 6.07) is 7.17. The predicted octanol–water partition coefficient (Wildman–Crippen LogP) is 3.77. The molecule has 1 aliphatic rings. The van der Waals surface area contributed by atoms with E-state index < -0.39 is 36.7 Å². The van der Waals surface area contributed by atoms with Gasteiger partial charge in [0.15, 0.2) is 11.2 Å². The first-order chi connectivity index (χ1) is 20.2. The van der Waals surface area contributed by atoms with E-state index in [9.17, 15) is 24.1 Å². The van der Waals surface area contributed by atoms with Crippen molar-refractivity contribution in [2.75, 3.05) is 26.0 Å². The Morgan fingerprint density at radius 1 is 1.23 bits per heavy atom. The van der Waals surface area contributed by atoms with Crippen LogP contribution in [0.4, 0.5) is 5.95 Å². The summed E-state index contributed by atoms with van der Waals surface area (Å²) < 4.78 is 34.6. The monoisotopic (exact) mass is 616 g/mol. The topological polar surface area (TPSA) is 192 Å². The van der Waals surface area contributed by atoms with Crippen molar-refractivity contribution >= 4 is 43.0 Å². The van der Waals surface area contributed by atoms with Gasteiger partial charge in [-0.1, -0.05) is 45.9 Å². The number of hydrogen-bond acceptors (Lipinski definition) is 10. The van der Waals surface area contributed by atoms with Crippen molar-refractivity contribution in [1.82, 2.24) is 24.2 Å². The van der Waals surface area contributed by atoms with Crippen LogP contribution in [0.1, 0.15) is 40.5 Å². The summed E-state index contributed by atoms with van der Waals surface area (Å²) in [4.78, 5) is 47.5. The molecule has 4 rings (SSSR count). The van der Waals surface area contributed by atoms with Crippen molar-refractivity contribution < 1.29 is 33.0 Å². The lowest BCUT2D eigenvalue weighted by molar-refractivity contribution is -0.149. The van der Waals surface area contributed by atoms with E-state index in [-0.39, 0.29) is 54.3 Å². The number of anilines is 1. The van der Waals surface area contributed by atoms with Gasteiger partial charge < -0.3 is 20.1 Å². The van der Waals surface area contributed by atoms with E-state index in [4.69, 9.17) is 19.5 Å². The van der Waals surface area contributed by atoms with Crippen molar-refractivity contribution in [3.63, 3.8) is 0 Å². The van der Waals surface area contributed by atoms with E-state index in [1.165, 1.54) is 17.9 Å². The normalized spacial score (nSPS) is 19.6. The molecule has 2 aromatic heterocycles. The minimum absolute atomic E-state index is 0.0200. The number of nitrogens with zero attached hydrogens (tertiary/aromatic N) is 4. The van der Waals surface area contributed by atoms with Crippen LogP contribution in [0.5, 0.6) is 5.75 Å². The second-order valence-electron chi connectivity index (χ2n) is 11.4. The van der Waals surface area contributed by atoms with E-state index in [1.807, 2.05) is 13.8 Å². The molecule has 43 heavy (non-hydrogen) atoms. The zero-order valence-corrected chi connectivity index (χ0v) is 25.6. The first-order valence-electron chi connectivity index (χ1n) is 13.8. The lowest BCUT2D eigenvalue weighted by atomic mass is 10.0. The van der Waals surface area contributed by atoms with Gasteiger partial charge >= 0.3 is 19.7 Å². The highest BCUT2D eigenvalue weighted by Crippen LogP contribution is 2.59. The fourth-order valence-electron chi connectivity index (χ4n) is 4.45. The highest BCUT2D eigenvalue weighted by Gasteiger charge is 2.53. The van der Waals surface area contributed by atoms with Gasteiger partial charge in [0.05, 0.1) is 17.9 Å².